The number of nitrogens with zero attached hydrogens (tertiary/aromatic N) is 3. The Hall–Kier alpha value is -6.06. The summed E-state index contributed by atoms with van der Waals surface area (Å²) in [5.41, 5.74) is 11.7. The van der Waals surface area contributed by atoms with Crippen LogP contribution in [0.25, 0.3) is 55.0 Å². The van der Waals surface area contributed by atoms with E-state index in [-0.39, 0.29) is 0 Å². The molecule has 0 amide bonds. The minimum absolute atomic E-state index is 1.12. The number of aryl methyl sites for hydroxylation is 1. The Morgan fingerprint density at radius 3 is 1.63 bits per heavy atom. The standard InChI is InChI=1S/C43H31N3/c1-30-15-8-11-22-37(30)46(33-27-28-35-34-20-9-12-23-38(34)45(42(35)29-33)32-18-6-3-7-19-32)41-26-14-25-40-43(41)36-21-10-13-24-39(36)44(40)31-16-4-2-5-17-31/h2-29H,1H3. The molecule has 0 atom stereocenters. The maximum atomic E-state index is 2.45. The molecule has 3 heteroatoms. The van der Waals surface area contributed by atoms with Crippen molar-refractivity contribution in [1.82, 2.24) is 9.13 Å². The van der Waals surface area contributed by atoms with Gasteiger partial charge in [0.2, 0.25) is 0 Å². The highest BCUT2D eigenvalue weighted by atomic mass is 15.2. The van der Waals surface area contributed by atoms with Crippen LogP contribution < -0.4 is 4.90 Å². The summed E-state index contributed by atoms with van der Waals surface area (Å²) in [5, 5.41) is 4.96. The molecule has 0 spiro atoms. The first-order valence-electron chi connectivity index (χ1n) is 15.8. The Labute approximate surface area is 267 Å². The third kappa shape index (κ3) is 3.99. The third-order valence-corrected chi connectivity index (χ3v) is 9.22. The molecule has 0 radical (unpaired) electrons. The van der Waals surface area contributed by atoms with Crippen molar-refractivity contribution in [2.24, 2.45) is 0 Å². The van der Waals surface area contributed by atoms with E-state index in [0.29, 0.717) is 0 Å². The molecule has 0 fully saturated rings. The lowest BCUT2D eigenvalue weighted by atomic mass is 10.1. The zero-order chi connectivity index (χ0) is 30.6. The summed E-state index contributed by atoms with van der Waals surface area (Å²) in [5.74, 6) is 0. The van der Waals surface area contributed by atoms with Crippen LogP contribution in [0.2, 0.25) is 0 Å². The van der Waals surface area contributed by atoms with Crippen LogP contribution >= 0.6 is 0 Å². The van der Waals surface area contributed by atoms with E-state index in [2.05, 4.69) is 191 Å². The van der Waals surface area contributed by atoms with Crippen LogP contribution in [0.15, 0.2) is 170 Å². The fraction of sp³-hybridized carbons (Fsp3) is 0.0233. The maximum absolute atomic E-state index is 2.45. The Bertz CT molecular complexity index is 2540. The van der Waals surface area contributed by atoms with Crippen LogP contribution in [0.3, 0.4) is 0 Å². The van der Waals surface area contributed by atoms with Crippen molar-refractivity contribution >= 4 is 60.7 Å². The van der Waals surface area contributed by atoms with Gasteiger partial charge < -0.3 is 14.0 Å². The molecule has 9 rings (SSSR count). The van der Waals surface area contributed by atoms with E-state index in [0.717, 1.165) is 28.4 Å². The Balaban J connectivity index is 1.38. The molecule has 0 bridgehead atoms. The van der Waals surface area contributed by atoms with Gasteiger partial charge in [-0.3, -0.25) is 0 Å². The molecular formula is C43H31N3. The number of benzene rings is 7. The molecule has 2 aromatic heterocycles. The van der Waals surface area contributed by atoms with Gasteiger partial charge in [-0.2, -0.15) is 0 Å². The predicted octanol–water partition coefficient (Wildman–Crippen LogP) is 11.7. The second-order valence-electron chi connectivity index (χ2n) is 11.9. The van der Waals surface area contributed by atoms with Crippen molar-refractivity contribution in [2.45, 2.75) is 6.92 Å². The zero-order valence-electron chi connectivity index (χ0n) is 25.5. The molecule has 0 aliphatic rings. The van der Waals surface area contributed by atoms with Crippen molar-refractivity contribution in [2.75, 3.05) is 4.90 Å². The highest BCUT2D eigenvalue weighted by Crippen LogP contribution is 2.45. The van der Waals surface area contributed by atoms with E-state index in [1.165, 1.54) is 49.2 Å². The third-order valence-electron chi connectivity index (χ3n) is 9.22. The zero-order valence-corrected chi connectivity index (χ0v) is 25.5. The number of para-hydroxylation sites is 5. The van der Waals surface area contributed by atoms with E-state index in [9.17, 15) is 0 Å². The average molecular weight is 590 g/mol. The van der Waals surface area contributed by atoms with Crippen LogP contribution in [0.5, 0.6) is 0 Å². The SMILES string of the molecule is Cc1ccccc1N(c1ccc2c3ccccc3n(-c3ccccc3)c2c1)c1cccc2c1c1ccccc1n2-c1ccccc1. The van der Waals surface area contributed by atoms with Crippen LogP contribution in [0.1, 0.15) is 5.56 Å². The molecule has 0 saturated carbocycles. The van der Waals surface area contributed by atoms with E-state index >= 15 is 0 Å². The molecule has 46 heavy (non-hydrogen) atoms. The average Bonchev–Trinajstić information content (AvgIpc) is 3.63. The number of anilines is 3. The van der Waals surface area contributed by atoms with E-state index in [1.807, 2.05) is 0 Å². The molecule has 3 nitrogen and oxygen atoms in total. The van der Waals surface area contributed by atoms with Gasteiger partial charge in [0.15, 0.2) is 0 Å². The van der Waals surface area contributed by atoms with Crippen molar-refractivity contribution in [1.29, 1.82) is 0 Å². The lowest BCUT2D eigenvalue weighted by Crippen LogP contribution is -2.12. The second-order valence-corrected chi connectivity index (χ2v) is 11.9. The molecule has 2 heterocycles. The van der Waals surface area contributed by atoms with Crippen molar-refractivity contribution in [3.63, 3.8) is 0 Å². The van der Waals surface area contributed by atoms with Gasteiger partial charge in [0.25, 0.3) is 0 Å². The monoisotopic (exact) mass is 589 g/mol. The molecular weight excluding hydrogens is 558 g/mol. The van der Waals surface area contributed by atoms with Crippen LogP contribution in [0, 0.1) is 6.92 Å². The minimum atomic E-state index is 1.12. The van der Waals surface area contributed by atoms with Crippen molar-refractivity contribution in [3.8, 4) is 11.4 Å². The lowest BCUT2D eigenvalue weighted by Gasteiger charge is -2.28. The first-order chi connectivity index (χ1) is 22.8. The first-order valence-corrected chi connectivity index (χ1v) is 15.8. The molecule has 9 aromatic rings. The summed E-state index contributed by atoms with van der Waals surface area (Å²) >= 11 is 0. The molecule has 218 valence electrons. The van der Waals surface area contributed by atoms with Gasteiger partial charge in [-0.25, -0.2) is 0 Å². The normalized spacial score (nSPS) is 11.6. The fourth-order valence-electron chi connectivity index (χ4n) is 7.22. The van der Waals surface area contributed by atoms with Crippen LogP contribution in [-0.4, -0.2) is 9.13 Å². The largest absolute Gasteiger partial charge is 0.309 e. The smallest absolute Gasteiger partial charge is 0.0562 e. The number of rotatable bonds is 5. The molecule has 0 N–H and O–H groups in total. The number of hydrogen-bond donors (Lipinski definition) is 0. The van der Waals surface area contributed by atoms with Gasteiger partial charge in [-0.05, 0) is 79.2 Å². The summed E-state index contributed by atoms with van der Waals surface area (Å²) in [4.78, 5) is 2.45. The topological polar surface area (TPSA) is 13.1 Å². The number of hydrogen-bond acceptors (Lipinski definition) is 1. The number of fused-ring (bicyclic) bond motifs is 6. The summed E-state index contributed by atoms with van der Waals surface area (Å²) in [6.07, 6.45) is 0. The van der Waals surface area contributed by atoms with Gasteiger partial charge >= 0.3 is 0 Å². The molecule has 7 aromatic carbocycles. The van der Waals surface area contributed by atoms with Crippen molar-refractivity contribution < 1.29 is 0 Å². The Morgan fingerprint density at radius 2 is 0.913 bits per heavy atom. The highest BCUT2D eigenvalue weighted by Gasteiger charge is 2.23. The first kappa shape index (κ1) is 26.4. The van der Waals surface area contributed by atoms with Gasteiger partial charge in [0, 0.05) is 44.3 Å². The fourth-order valence-corrected chi connectivity index (χ4v) is 7.22. The van der Waals surface area contributed by atoms with E-state index in [4.69, 9.17) is 0 Å². The summed E-state index contributed by atoms with van der Waals surface area (Å²) in [6, 6.07) is 61.2. The second kappa shape index (κ2) is 10.5. The van der Waals surface area contributed by atoms with Gasteiger partial charge in [-0.15, -0.1) is 0 Å². The predicted molar refractivity (Wildman–Crippen MR) is 195 cm³/mol. The minimum Gasteiger partial charge on any atom is -0.309 e. The molecule has 0 aliphatic carbocycles. The highest BCUT2D eigenvalue weighted by molar-refractivity contribution is 6.17. The van der Waals surface area contributed by atoms with Crippen LogP contribution in [0.4, 0.5) is 17.1 Å². The molecule has 0 unspecified atom stereocenters. The van der Waals surface area contributed by atoms with Gasteiger partial charge in [0.05, 0.1) is 27.8 Å². The molecule has 0 aliphatic heterocycles. The quantitative estimate of drug-likeness (QED) is 0.195. The molecule has 0 saturated heterocycles. The van der Waals surface area contributed by atoms with Gasteiger partial charge in [-0.1, -0.05) is 103 Å². The van der Waals surface area contributed by atoms with Crippen LogP contribution in [-0.2, 0) is 0 Å². The summed E-state index contributed by atoms with van der Waals surface area (Å²) in [7, 11) is 0. The van der Waals surface area contributed by atoms with Gasteiger partial charge in [0.1, 0.15) is 0 Å². The Morgan fingerprint density at radius 1 is 0.391 bits per heavy atom. The number of aromatic nitrogens is 2. The lowest BCUT2D eigenvalue weighted by molar-refractivity contribution is 1.17. The van der Waals surface area contributed by atoms with Crippen molar-refractivity contribution in [3.05, 3.63) is 175 Å². The van der Waals surface area contributed by atoms with E-state index < -0.39 is 0 Å². The Kier molecular flexibility index (Phi) is 6.04. The van der Waals surface area contributed by atoms with E-state index in [1.54, 1.807) is 0 Å². The summed E-state index contributed by atoms with van der Waals surface area (Å²) < 4.78 is 4.78. The maximum Gasteiger partial charge on any atom is 0.0562 e. The summed E-state index contributed by atoms with van der Waals surface area (Å²) in [6.45, 7) is 2.20.